The van der Waals surface area contributed by atoms with Crippen LogP contribution in [0, 0.1) is 0 Å². The van der Waals surface area contributed by atoms with Crippen LogP contribution in [0.15, 0.2) is 66.1 Å². The van der Waals surface area contributed by atoms with Crippen molar-refractivity contribution in [1.29, 1.82) is 0 Å². The van der Waals surface area contributed by atoms with Crippen LogP contribution in [0.5, 0.6) is 0 Å². The number of benzene rings is 1. The minimum absolute atomic E-state index is 0.0234. The lowest BCUT2D eigenvalue weighted by Gasteiger charge is -2.11. The van der Waals surface area contributed by atoms with E-state index in [2.05, 4.69) is 22.0 Å². The molecule has 1 aromatic carbocycles. The summed E-state index contributed by atoms with van der Waals surface area (Å²) >= 11 is 0. The van der Waals surface area contributed by atoms with E-state index < -0.39 is 0 Å². The van der Waals surface area contributed by atoms with Crippen molar-refractivity contribution in [2.24, 2.45) is 10.8 Å². The van der Waals surface area contributed by atoms with Gasteiger partial charge in [-0.2, -0.15) is 0 Å². The predicted octanol–water partition coefficient (Wildman–Crippen LogP) is 4.39. The Labute approximate surface area is 176 Å². The molecule has 0 unspecified atom stereocenters. The first kappa shape index (κ1) is 26.6. The van der Waals surface area contributed by atoms with Gasteiger partial charge in [0.05, 0.1) is 25.1 Å². The third kappa shape index (κ3) is 8.74. The van der Waals surface area contributed by atoms with Crippen LogP contribution in [0.25, 0.3) is 11.1 Å². The Balaban J connectivity index is 0.00000154. The number of allylic oxidation sites excluding steroid dienone is 2. The minimum atomic E-state index is -0.332. The van der Waals surface area contributed by atoms with Crippen LogP contribution in [0.2, 0.25) is 0 Å². The van der Waals surface area contributed by atoms with E-state index in [0.29, 0.717) is 24.1 Å². The van der Waals surface area contributed by atoms with Gasteiger partial charge in [0, 0.05) is 17.3 Å². The van der Waals surface area contributed by atoms with E-state index in [1.165, 1.54) is 19.9 Å². The number of aromatic nitrogens is 1. The normalized spacial score (nSPS) is 10.8. The number of nitrogens with one attached hydrogen (secondary N) is 1. The van der Waals surface area contributed by atoms with Crippen molar-refractivity contribution >= 4 is 17.4 Å². The van der Waals surface area contributed by atoms with Crippen LogP contribution in [-0.2, 0) is 0 Å². The molecule has 0 saturated heterocycles. The number of carbonyl (C=O) groups excluding carboxylic acids is 1. The lowest BCUT2D eigenvalue weighted by molar-refractivity contribution is 0.101. The predicted molar refractivity (Wildman–Crippen MR) is 121 cm³/mol. The van der Waals surface area contributed by atoms with Gasteiger partial charge in [0.15, 0.2) is 5.78 Å². The van der Waals surface area contributed by atoms with E-state index >= 15 is 0 Å². The first-order valence-corrected chi connectivity index (χ1v) is 8.99. The highest BCUT2D eigenvalue weighted by Gasteiger charge is 2.11. The van der Waals surface area contributed by atoms with Gasteiger partial charge in [0.25, 0.3) is 0 Å². The number of amidine groups is 1. The lowest BCUT2D eigenvalue weighted by Crippen LogP contribution is -2.32. The summed E-state index contributed by atoms with van der Waals surface area (Å²) in [6, 6.07) is 8.96. The quantitative estimate of drug-likeness (QED) is 0.167. The number of pyridine rings is 1. The fourth-order valence-corrected chi connectivity index (χ4v) is 2.21. The van der Waals surface area contributed by atoms with Crippen molar-refractivity contribution < 1.29 is 13.6 Å². The number of halogens is 2. The van der Waals surface area contributed by atoms with E-state index in [1.807, 2.05) is 13.0 Å². The molecule has 0 atom stereocenters. The summed E-state index contributed by atoms with van der Waals surface area (Å²) in [6.45, 7) is 8.21. The molecule has 5 N–H and O–H groups in total. The second kappa shape index (κ2) is 14.6. The number of hydrogen-bond acceptors (Lipinski definition) is 5. The zero-order valence-electron chi connectivity index (χ0n) is 17.7. The van der Waals surface area contributed by atoms with Crippen LogP contribution in [-0.4, -0.2) is 30.3 Å². The number of hydrazine groups is 1. The number of Topliss-reactive ketones (excluding diaryl/α,β-unsaturated/α-hetero) is 1. The standard InChI is InChI=1S/C18H20FN5O.C3H6.CH3F/c1-11(19)6-7-22-18(24-21)16-9-15(10-23-17(16)20)14-5-3-4-13(8-14)12(2)25;1-3-2;1-2/h3-6,8-10H,7,21H2,1-2H3,(H2,20,23)(H,22,24);3H,1H2,2H3;1H3/b11-6+;;. The van der Waals surface area contributed by atoms with Gasteiger partial charge in [0.1, 0.15) is 11.7 Å². The van der Waals surface area contributed by atoms with Crippen molar-refractivity contribution in [3.8, 4) is 11.1 Å². The van der Waals surface area contributed by atoms with Gasteiger partial charge < -0.3 is 11.2 Å². The van der Waals surface area contributed by atoms with Crippen LogP contribution in [0.3, 0.4) is 0 Å². The smallest absolute Gasteiger partial charge is 0.159 e. The number of carbonyl (C=O) groups is 1. The summed E-state index contributed by atoms with van der Waals surface area (Å²) in [5, 5.41) is 0. The molecule has 2 aromatic rings. The highest BCUT2D eigenvalue weighted by atomic mass is 19.1. The molecule has 8 heteroatoms. The van der Waals surface area contributed by atoms with Crippen LogP contribution in [0.1, 0.15) is 36.7 Å². The molecular weight excluding hydrogens is 388 g/mol. The second-order valence-corrected chi connectivity index (χ2v) is 5.83. The molecule has 0 bridgehead atoms. The average Bonchev–Trinajstić information content (AvgIpc) is 2.74. The number of alkyl halides is 1. The van der Waals surface area contributed by atoms with E-state index in [0.717, 1.165) is 11.1 Å². The Morgan fingerprint density at radius 3 is 2.43 bits per heavy atom. The number of hydrogen-bond donors (Lipinski definition) is 3. The van der Waals surface area contributed by atoms with Crippen LogP contribution in [0.4, 0.5) is 14.6 Å². The molecule has 162 valence electrons. The molecule has 0 radical (unpaired) electrons. The molecule has 0 aliphatic rings. The van der Waals surface area contributed by atoms with Crippen LogP contribution >= 0.6 is 0 Å². The maximum atomic E-state index is 12.8. The number of rotatable bonds is 5. The summed E-state index contributed by atoms with van der Waals surface area (Å²) < 4.78 is 22.3. The number of nitrogens with two attached hydrogens (primary N) is 2. The SMILES string of the molecule is C=CC.CC(=O)c1cccc(-c2cnc(N)c(C(=NC/C=C(\C)F)NN)c2)c1.CF. The zero-order chi connectivity index (χ0) is 23.1. The van der Waals surface area contributed by atoms with E-state index in [1.54, 1.807) is 36.5 Å². The number of ketones is 1. The molecule has 0 saturated carbocycles. The lowest BCUT2D eigenvalue weighted by atomic mass is 10.0. The summed E-state index contributed by atoms with van der Waals surface area (Å²) in [7, 11) is 0.500. The molecule has 0 fully saturated rings. The summed E-state index contributed by atoms with van der Waals surface area (Å²) in [4.78, 5) is 19.9. The molecule has 0 aliphatic heterocycles. The summed E-state index contributed by atoms with van der Waals surface area (Å²) in [5.41, 5.74) is 11.1. The van der Waals surface area contributed by atoms with Gasteiger partial charge >= 0.3 is 0 Å². The number of nitrogen functional groups attached to an aromatic ring is 1. The maximum absolute atomic E-state index is 12.8. The fourth-order valence-electron chi connectivity index (χ4n) is 2.21. The summed E-state index contributed by atoms with van der Waals surface area (Å²) in [5.74, 6) is 5.70. The van der Waals surface area contributed by atoms with Gasteiger partial charge in [-0.05, 0) is 44.5 Å². The number of aliphatic imine (C=N–C) groups is 1. The first-order valence-electron chi connectivity index (χ1n) is 8.99. The topological polar surface area (TPSA) is 106 Å². The Kier molecular flexibility index (Phi) is 12.9. The molecule has 0 amide bonds. The van der Waals surface area contributed by atoms with Crippen molar-refractivity contribution in [3.05, 3.63) is 72.2 Å². The van der Waals surface area contributed by atoms with Gasteiger partial charge in [-0.15, -0.1) is 6.58 Å². The number of anilines is 1. The van der Waals surface area contributed by atoms with Gasteiger partial charge in [0.2, 0.25) is 0 Å². The molecule has 6 nitrogen and oxygen atoms in total. The van der Waals surface area contributed by atoms with Crippen LogP contribution < -0.4 is 17.0 Å². The van der Waals surface area contributed by atoms with Crippen molar-refractivity contribution in [2.45, 2.75) is 20.8 Å². The van der Waals surface area contributed by atoms with Crippen molar-refractivity contribution in [2.75, 3.05) is 19.5 Å². The second-order valence-electron chi connectivity index (χ2n) is 5.83. The minimum Gasteiger partial charge on any atom is -0.383 e. The van der Waals surface area contributed by atoms with E-state index in [4.69, 9.17) is 11.6 Å². The zero-order valence-corrected chi connectivity index (χ0v) is 17.7. The molecule has 0 spiro atoms. The molecule has 30 heavy (non-hydrogen) atoms. The van der Waals surface area contributed by atoms with Crippen molar-refractivity contribution in [3.63, 3.8) is 0 Å². The van der Waals surface area contributed by atoms with Crippen molar-refractivity contribution in [1.82, 2.24) is 10.4 Å². The average molecular weight is 418 g/mol. The van der Waals surface area contributed by atoms with Gasteiger partial charge in [-0.3, -0.25) is 14.2 Å². The Hall–Kier alpha value is -3.39. The monoisotopic (exact) mass is 417 g/mol. The highest BCUT2D eigenvalue weighted by molar-refractivity contribution is 6.03. The van der Waals surface area contributed by atoms with Gasteiger partial charge in [-0.1, -0.05) is 24.3 Å². The Morgan fingerprint density at radius 2 is 1.90 bits per heavy atom. The Bertz CT molecular complexity index is 891. The third-order valence-electron chi connectivity index (χ3n) is 3.53. The molecule has 1 aromatic heterocycles. The molecule has 2 rings (SSSR count). The third-order valence-corrected chi connectivity index (χ3v) is 3.53. The number of nitrogens with zero attached hydrogens (tertiary/aromatic N) is 2. The van der Waals surface area contributed by atoms with Gasteiger partial charge in [-0.25, -0.2) is 15.2 Å². The fraction of sp³-hybridized carbons (Fsp3) is 0.227. The molecular formula is C22H29F2N5O. The highest BCUT2D eigenvalue weighted by Crippen LogP contribution is 2.23. The molecule has 0 aliphatic carbocycles. The molecule has 1 heterocycles. The largest absolute Gasteiger partial charge is 0.383 e. The summed E-state index contributed by atoms with van der Waals surface area (Å²) in [6.07, 6.45) is 4.68. The van der Waals surface area contributed by atoms with E-state index in [-0.39, 0.29) is 24.0 Å². The first-order chi connectivity index (χ1) is 14.3. The maximum Gasteiger partial charge on any atom is 0.159 e. The van der Waals surface area contributed by atoms with E-state index in [9.17, 15) is 13.6 Å². The Morgan fingerprint density at radius 1 is 1.27 bits per heavy atom.